The second-order valence-electron chi connectivity index (χ2n) is 9.16. The largest absolute Gasteiger partial charge is 0.416 e. The van der Waals surface area contributed by atoms with Gasteiger partial charge in [-0.3, -0.25) is 9.59 Å². The van der Waals surface area contributed by atoms with Crippen molar-refractivity contribution in [3.05, 3.63) is 65.0 Å². The van der Waals surface area contributed by atoms with Crippen LogP contribution in [0.1, 0.15) is 53.2 Å². The molecule has 1 heterocycles. The molecule has 2 aliphatic rings. The summed E-state index contributed by atoms with van der Waals surface area (Å²) in [6, 6.07) is 8.09. The van der Waals surface area contributed by atoms with Crippen LogP contribution >= 0.6 is 0 Å². The van der Waals surface area contributed by atoms with E-state index in [2.05, 4.69) is 5.32 Å². The van der Waals surface area contributed by atoms with E-state index in [9.17, 15) is 27.2 Å². The smallest absolute Gasteiger partial charge is 0.378 e. The quantitative estimate of drug-likeness (QED) is 0.610. The summed E-state index contributed by atoms with van der Waals surface area (Å²) in [5, 5.41) is 2.84. The lowest BCUT2D eigenvalue weighted by Gasteiger charge is -2.27. The van der Waals surface area contributed by atoms with Crippen LogP contribution in [0.25, 0.3) is 0 Å². The van der Waals surface area contributed by atoms with E-state index in [-0.39, 0.29) is 17.4 Å². The third-order valence-electron chi connectivity index (χ3n) is 6.48. The molecule has 182 valence electrons. The predicted octanol–water partition coefficient (Wildman–Crippen LogP) is 4.78. The Balaban J connectivity index is 1.52. The van der Waals surface area contributed by atoms with Crippen molar-refractivity contribution < 1.29 is 27.2 Å². The lowest BCUT2D eigenvalue weighted by atomic mass is 9.99. The standard InChI is InChI=1S/C25H27F4N3O2/c1-31(2)18-6-3-5-16(13-18)24(34)32-12-4-7-21(32)23(33)30-22(15-8-9-15)19-11-10-17(14-20(19)26)25(27,28)29/h3,5-6,10-11,13-15,21-22H,4,7-9,12H2,1-2H3,(H,30,33)/t21-,22-/m1/s1. The second kappa shape index (κ2) is 9.27. The molecule has 1 saturated carbocycles. The van der Waals surface area contributed by atoms with E-state index in [1.807, 2.05) is 25.1 Å². The maximum Gasteiger partial charge on any atom is 0.416 e. The highest BCUT2D eigenvalue weighted by atomic mass is 19.4. The Morgan fingerprint density at radius 1 is 1.09 bits per heavy atom. The molecule has 34 heavy (non-hydrogen) atoms. The van der Waals surface area contributed by atoms with Gasteiger partial charge in [-0.05, 0) is 61.9 Å². The Bertz CT molecular complexity index is 1080. The van der Waals surface area contributed by atoms with Gasteiger partial charge < -0.3 is 15.1 Å². The van der Waals surface area contributed by atoms with E-state index in [1.165, 1.54) is 4.90 Å². The molecule has 2 aromatic carbocycles. The Morgan fingerprint density at radius 3 is 2.44 bits per heavy atom. The predicted molar refractivity (Wildman–Crippen MR) is 120 cm³/mol. The third kappa shape index (κ3) is 5.03. The van der Waals surface area contributed by atoms with Gasteiger partial charge in [-0.1, -0.05) is 12.1 Å². The Hall–Kier alpha value is -3.10. The van der Waals surface area contributed by atoms with Gasteiger partial charge in [0.15, 0.2) is 0 Å². The fourth-order valence-corrected chi connectivity index (χ4v) is 4.45. The van der Waals surface area contributed by atoms with E-state index in [1.54, 1.807) is 18.2 Å². The van der Waals surface area contributed by atoms with Gasteiger partial charge in [-0.25, -0.2) is 4.39 Å². The highest BCUT2D eigenvalue weighted by Gasteiger charge is 2.40. The fraction of sp³-hybridized carbons (Fsp3) is 0.440. The fourth-order valence-electron chi connectivity index (χ4n) is 4.45. The number of carbonyl (C=O) groups excluding carboxylic acids is 2. The number of rotatable bonds is 6. The number of amides is 2. The number of alkyl halides is 3. The summed E-state index contributed by atoms with van der Waals surface area (Å²) in [5.74, 6) is -1.71. The topological polar surface area (TPSA) is 52.7 Å². The Labute approximate surface area is 195 Å². The van der Waals surface area contributed by atoms with Crippen molar-refractivity contribution in [2.45, 2.75) is 43.9 Å². The molecule has 2 fully saturated rings. The van der Waals surface area contributed by atoms with Crippen molar-refractivity contribution >= 4 is 17.5 Å². The van der Waals surface area contributed by atoms with E-state index >= 15 is 0 Å². The van der Waals surface area contributed by atoms with Crippen LogP contribution in [0.2, 0.25) is 0 Å². The van der Waals surface area contributed by atoms with Crippen LogP contribution in [0, 0.1) is 11.7 Å². The van der Waals surface area contributed by atoms with Crippen LogP contribution in [0.5, 0.6) is 0 Å². The summed E-state index contributed by atoms with van der Waals surface area (Å²) >= 11 is 0. The lowest BCUT2D eigenvalue weighted by molar-refractivity contribution is -0.137. The molecule has 0 aromatic heterocycles. The molecule has 1 aliphatic carbocycles. The molecular weight excluding hydrogens is 450 g/mol. The van der Waals surface area contributed by atoms with Crippen molar-refractivity contribution in [3.63, 3.8) is 0 Å². The number of hydrogen-bond donors (Lipinski definition) is 1. The van der Waals surface area contributed by atoms with Crippen LogP contribution in [0.15, 0.2) is 42.5 Å². The first-order valence-corrected chi connectivity index (χ1v) is 11.3. The van der Waals surface area contributed by atoms with Crippen molar-refractivity contribution in [1.82, 2.24) is 10.2 Å². The van der Waals surface area contributed by atoms with Gasteiger partial charge >= 0.3 is 6.18 Å². The zero-order valence-electron chi connectivity index (χ0n) is 19.0. The molecule has 2 aromatic rings. The molecule has 1 N–H and O–H groups in total. The number of halogens is 4. The van der Waals surface area contributed by atoms with E-state index in [0.29, 0.717) is 31.0 Å². The summed E-state index contributed by atoms with van der Waals surface area (Å²) in [5.41, 5.74) is 0.302. The minimum atomic E-state index is -4.65. The van der Waals surface area contributed by atoms with Gasteiger partial charge in [0.2, 0.25) is 5.91 Å². The normalized spacial score (nSPS) is 19.1. The van der Waals surface area contributed by atoms with E-state index < -0.39 is 35.5 Å². The molecule has 0 radical (unpaired) electrons. The summed E-state index contributed by atoms with van der Waals surface area (Å²) in [6.07, 6.45) is -2.03. The van der Waals surface area contributed by atoms with Gasteiger partial charge in [0, 0.05) is 37.5 Å². The average Bonchev–Trinajstić information content (AvgIpc) is 3.51. The molecule has 9 heteroatoms. The number of anilines is 1. The second-order valence-corrected chi connectivity index (χ2v) is 9.16. The number of hydrogen-bond acceptors (Lipinski definition) is 3. The van der Waals surface area contributed by atoms with Gasteiger partial charge in [0.25, 0.3) is 5.91 Å². The maximum absolute atomic E-state index is 14.7. The number of nitrogens with one attached hydrogen (secondary N) is 1. The zero-order valence-corrected chi connectivity index (χ0v) is 19.0. The summed E-state index contributed by atoms with van der Waals surface area (Å²) in [7, 11) is 3.74. The first-order chi connectivity index (χ1) is 16.1. The SMILES string of the molecule is CN(C)c1cccc(C(=O)N2CCC[C@@H]2C(=O)N[C@@H](c2ccc(C(F)(F)F)cc2F)C2CC2)c1. The summed E-state index contributed by atoms with van der Waals surface area (Å²) in [4.78, 5) is 29.8. The molecule has 2 atom stereocenters. The summed E-state index contributed by atoms with van der Waals surface area (Å²) < 4.78 is 53.5. The van der Waals surface area contributed by atoms with Crippen molar-refractivity contribution in [2.75, 3.05) is 25.5 Å². The van der Waals surface area contributed by atoms with Crippen molar-refractivity contribution in [2.24, 2.45) is 5.92 Å². The Morgan fingerprint density at radius 2 is 1.82 bits per heavy atom. The van der Waals surface area contributed by atoms with Crippen LogP contribution < -0.4 is 10.2 Å². The number of likely N-dealkylation sites (tertiary alicyclic amines) is 1. The minimum Gasteiger partial charge on any atom is -0.378 e. The van der Waals surface area contributed by atoms with Gasteiger partial charge in [0.1, 0.15) is 11.9 Å². The number of nitrogens with zero attached hydrogens (tertiary/aromatic N) is 2. The third-order valence-corrected chi connectivity index (χ3v) is 6.48. The molecule has 0 spiro atoms. The lowest BCUT2D eigenvalue weighted by Crippen LogP contribution is -2.47. The molecule has 4 rings (SSSR count). The van der Waals surface area contributed by atoms with Crippen LogP contribution in [-0.4, -0.2) is 43.4 Å². The van der Waals surface area contributed by atoms with Crippen LogP contribution in [0.4, 0.5) is 23.2 Å². The molecule has 0 bridgehead atoms. The van der Waals surface area contributed by atoms with Gasteiger partial charge in [-0.2, -0.15) is 13.2 Å². The van der Waals surface area contributed by atoms with Gasteiger partial charge in [-0.15, -0.1) is 0 Å². The molecule has 1 aliphatic heterocycles. The number of carbonyl (C=O) groups is 2. The van der Waals surface area contributed by atoms with Crippen molar-refractivity contribution in [1.29, 1.82) is 0 Å². The Kier molecular flexibility index (Phi) is 6.55. The number of benzene rings is 2. The van der Waals surface area contributed by atoms with Crippen LogP contribution in [-0.2, 0) is 11.0 Å². The summed E-state index contributed by atoms with van der Waals surface area (Å²) in [6.45, 7) is 0.422. The van der Waals surface area contributed by atoms with Gasteiger partial charge in [0.05, 0.1) is 11.6 Å². The van der Waals surface area contributed by atoms with E-state index in [4.69, 9.17) is 0 Å². The molecular formula is C25H27F4N3O2. The highest BCUT2D eigenvalue weighted by molar-refractivity contribution is 5.98. The first-order valence-electron chi connectivity index (χ1n) is 11.3. The van der Waals surface area contributed by atoms with E-state index in [0.717, 1.165) is 30.7 Å². The highest BCUT2D eigenvalue weighted by Crippen LogP contribution is 2.43. The monoisotopic (exact) mass is 477 g/mol. The first kappa shape index (κ1) is 24.0. The molecule has 2 amide bonds. The average molecular weight is 478 g/mol. The molecule has 0 unspecified atom stereocenters. The minimum absolute atomic E-state index is 0.0402. The maximum atomic E-state index is 14.7. The van der Waals surface area contributed by atoms with Crippen molar-refractivity contribution in [3.8, 4) is 0 Å². The molecule has 1 saturated heterocycles. The molecule has 5 nitrogen and oxygen atoms in total. The zero-order chi connectivity index (χ0) is 24.6. The van der Waals surface area contributed by atoms with Crippen LogP contribution in [0.3, 0.4) is 0 Å².